The summed E-state index contributed by atoms with van der Waals surface area (Å²) in [6.45, 7) is 10.4. The lowest BCUT2D eigenvalue weighted by Crippen LogP contribution is -2.05. The van der Waals surface area contributed by atoms with E-state index in [4.69, 9.17) is 9.47 Å². The first-order valence-electron chi connectivity index (χ1n) is 28.9. The molecule has 0 bridgehead atoms. The van der Waals surface area contributed by atoms with Gasteiger partial charge in [-0.25, -0.2) is 0 Å². The van der Waals surface area contributed by atoms with Crippen molar-refractivity contribution in [1.29, 1.82) is 0 Å². The minimum absolute atomic E-state index is 0.0222. The molecule has 0 rings (SSSR count). The molecule has 0 aromatic heterocycles. The van der Waals surface area contributed by atoms with Crippen LogP contribution < -0.4 is 0 Å². The lowest BCUT2D eigenvalue weighted by atomic mass is 10.0. The fraction of sp³-hybridized carbons (Fsp3) is 0.966. The second-order valence-electron chi connectivity index (χ2n) is 19.5. The van der Waals surface area contributed by atoms with E-state index in [0.717, 1.165) is 25.7 Å². The molecule has 0 fully saturated rings. The van der Waals surface area contributed by atoms with E-state index in [2.05, 4.69) is 27.7 Å². The zero-order chi connectivity index (χ0) is 45.3. The van der Waals surface area contributed by atoms with Gasteiger partial charge < -0.3 is 9.47 Å². The van der Waals surface area contributed by atoms with Gasteiger partial charge in [-0.1, -0.05) is 310 Å². The third-order valence-electron chi connectivity index (χ3n) is 13.0. The summed E-state index contributed by atoms with van der Waals surface area (Å²) in [7, 11) is 0. The highest BCUT2D eigenvalue weighted by Crippen LogP contribution is 2.16. The fourth-order valence-corrected chi connectivity index (χ4v) is 8.62. The van der Waals surface area contributed by atoms with E-state index >= 15 is 0 Å². The van der Waals surface area contributed by atoms with Crippen molar-refractivity contribution in [2.75, 3.05) is 13.2 Å². The number of unbranched alkanes of at least 4 members (excludes halogenated alkanes) is 44. The van der Waals surface area contributed by atoms with Crippen molar-refractivity contribution in [3.63, 3.8) is 0 Å². The third-order valence-corrected chi connectivity index (χ3v) is 13.0. The van der Waals surface area contributed by atoms with E-state index in [1.807, 2.05) is 0 Å². The van der Waals surface area contributed by atoms with Crippen molar-refractivity contribution < 1.29 is 19.1 Å². The summed E-state index contributed by atoms with van der Waals surface area (Å²) in [4.78, 5) is 23.6. The van der Waals surface area contributed by atoms with Crippen LogP contribution in [-0.2, 0) is 19.1 Å². The minimum atomic E-state index is 0.0222. The van der Waals surface area contributed by atoms with Gasteiger partial charge in [0.25, 0.3) is 0 Å². The van der Waals surface area contributed by atoms with Crippen LogP contribution >= 0.6 is 0 Å². The number of rotatable bonds is 52. The van der Waals surface area contributed by atoms with Crippen molar-refractivity contribution in [3.05, 3.63) is 0 Å². The van der Waals surface area contributed by atoms with Crippen LogP contribution in [0.25, 0.3) is 0 Å². The second kappa shape index (κ2) is 59.9. The molecule has 0 aliphatic rings. The van der Waals surface area contributed by atoms with E-state index in [9.17, 15) is 9.59 Å². The molecule has 0 aliphatic heterocycles. The molecule has 0 radical (unpaired) electrons. The quantitative estimate of drug-likeness (QED) is 0.0451. The fourth-order valence-electron chi connectivity index (χ4n) is 8.62. The van der Waals surface area contributed by atoms with Crippen molar-refractivity contribution in [1.82, 2.24) is 0 Å². The number of esters is 2. The van der Waals surface area contributed by atoms with Crippen LogP contribution in [0.2, 0.25) is 0 Å². The van der Waals surface area contributed by atoms with Crippen molar-refractivity contribution in [3.8, 4) is 0 Å². The highest BCUT2D eigenvalue weighted by molar-refractivity contribution is 5.69. The molecular weight excluding hydrogens is 761 g/mol. The molecule has 0 spiro atoms. The van der Waals surface area contributed by atoms with Crippen LogP contribution in [0.5, 0.6) is 0 Å². The SMILES string of the molecule is CCCCCCCCCCCCCCCCOC(=O)CCCCCCCCCCCCC.CCCCCCCCCCCCCCOC(=O)CCCCCCCCCCCCC. The largest absolute Gasteiger partial charge is 0.466 e. The molecule has 0 saturated heterocycles. The predicted octanol–water partition coefficient (Wildman–Crippen LogP) is 20.6. The van der Waals surface area contributed by atoms with Gasteiger partial charge in [0.1, 0.15) is 0 Å². The molecule has 0 aliphatic carbocycles. The number of hydrogen-bond donors (Lipinski definition) is 0. The molecule has 0 N–H and O–H groups in total. The van der Waals surface area contributed by atoms with Gasteiger partial charge >= 0.3 is 11.9 Å². The maximum atomic E-state index is 11.8. The van der Waals surface area contributed by atoms with Crippen LogP contribution in [0.1, 0.15) is 349 Å². The zero-order valence-corrected chi connectivity index (χ0v) is 43.4. The van der Waals surface area contributed by atoms with Crippen LogP contribution in [-0.4, -0.2) is 25.2 Å². The lowest BCUT2D eigenvalue weighted by molar-refractivity contribution is -0.144. The predicted molar refractivity (Wildman–Crippen MR) is 275 cm³/mol. The van der Waals surface area contributed by atoms with Gasteiger partial charge in [-0.05, 0) is 25.7 Å². The third kappa shape index (κ3) is 61.0. The molecule has 0 unspecified atom stereocenters. The molecule has 4 nitrogen and oxygen atoms in total. The van der Waals surface area contributed by atoms with E-state index < -0.39 is 0 Å². The molecule has 0 aromatic carbocycles. The Morgan fingerprint density at radius 3 is 0.532 bits per heavy atom. The topological polar surface area (TPSA) is 52.6 Å². The number of hydrogen-bond acceptors (Lipinski definition) is 4. The smallest absolute Gasteiger partial charge is 0.305 e. The number of ether oxygens (including phenoxy) is 2. The monoisotopic (exact) mass is 877 g/mol. The van der Waals surface area contributed by atoms with E-state index in [0.29, 0.717) is 26.1 Å². The molecule has 0 saturated carbocycles. The first-order valence-corrected chi connectivity index (χ1v) is 28.9. The first kappa shape index (κ1) is 63.0. The molecule has 372 valence electrons. The molecule has 0 aromatic rings. The highest BCUT2D eigenvalue weighted by Gasteiger charge is 2.04. The maximum absolute atomic E-state index is 11.8. The average molecular weight is 878 g/mol. The highest BCUT2D eigenvalue weighted by atomic mass is 16.5. The first-order chi connectivity index (χ1) is 30.6. The average Bonchev–Trinajstić information content (AvgIpc) is 3.27. The summed E-state index contributed by atoms with van der Waals surface area (Å²) in [5.74, 6) is 0.0459. The van der Waals surface area contributed by atoms with E-state index in [1.165, 1.54) is 283 Å². The van der Waals surface area contributed by atoms with Crippen molar-refractivity contribution >= 4 is 11.9 Å². The van der Waals surface area contributed by atoms with Crippen LogP contribution in [0, 0.1) is 0 Å². The molecule has 0 amide bonds. The summed E-state index contributed by atoms with van der Waals surface area (Å²) < 4.78 is 10.8. The lowest BCUT2D eigenvalue weighted by Gasteiger charge is -2.06. The summed E-state index contributed by atoms with van der Waals surface area (Å²) in [5.41, 5.74) is 0. The Hall–Kier alpha value is -1.06. The molecule has 0 atom stereocenters. The van der Waals surface area contributed by atoms with Gasteiger partial charge in [0, 0.05) is 12.8 Å². The molecule has 0 heterocycles. The van der Waals surface area contributed by atoms with Gasteiger partial charge in [-0.2, -0.15) is 0 Å². The maximum Gasteiger partial charge on any atom is 0.305 e. The Labute approximate surface area is 391 Å². The summed E-state index contributed by atoms with van der Waals surface area (Å²) in [5, 5.41) is 0. The zero-order valence-electron chi connectivity index (χ0n) is 43.4. The normalized spacial score (nSPS) is 11.2. The Morgan fingerprint density at radius 2 is 0.355 bits per heavy atom. The van der Waals surface area contributed by atoms with Gasteiger partial charge in [0.05, 0.1) is 13.2 Å². The Balaban J connectivity index is 0. The van der Waals surface area contributed by atoms with Crippen molar-refractivity contribution in [2.45, 2.75) is 349 Å². The number of carbonyl (C=O) groups is 2. The summed E-state index contributed by atoms with van der Waals surface area (Å²) in [6.07, 6.45) is 65.5. The summed E-state index contributed by atoms with van der Waals surface area (Å²) in [6, 6.07) is 0. The van der Waals surface area contributed by atoms with Gasteiger partial charge in [0.15, 0.2) is 0 Å². The second-order valence-corrected chi connectivity index (χ2v) is 19.5. The minimum Gasteiger partial charge on any atom is -0.466 e. The summed E-state index contributed by atoms with van der Waals surface area (Å²) >= 11 is 0. The molecule has 62 heavy (non-hydrogen) atoms. The Kier molecular flexibility index (Phi) is 60.9. The Bertz CT molecular complexity index is 811. The van der Waals surface area contributed by atoms with Gasteiger partial charge in [-0.15, -0.1) is 0 Å². The molecule has 4 heteroatoms. The van der Waals surface area contributed by atoms with E-state index in [1.54, 1.807) is 0 Å². The van der Waals surface area contributed by atoms with Crippen LogP contribution in [0.15, 0.2) is 0 Å². The van der Waals surface area contributed by atoms with Crippen molar-refractivity contribution in [2.24, 2.45) is 0 Å². The van der Waals surface area contributed by atoms with E-state index in [-0.39, 0.29) is 11.9 Å². The standard InChI is InChI=1S/C30H60O2.C28H56O2/c1-3-5-7-9-11-13-15-16-17-19-21-23-25-27-29-32-30(31)28-26-24-22-20-18-14-12-10-8-6-4-2;1-3-5-7-9-11-13-15-17-19-21-23-25-27-30-28(29)26-24-22-20-18-16-14-12-10-8-6-4-2/h3-29H2,1-2H3;3-27H2,1-2H3. The number of carbonyl (C=O) groups excluding carboxylic acids is 2. The van der Waals surface area contributed by atoms with Crippen LogP contribution in [0.4, 0.5) is 0 Å². The van der Waals surface area contributed by atoms with Crippen LogP contribution in [0.3, 0.4) is 0 Å². The van der Waals surface area contributed by atoms with Gasteiger partial charge in [-0.3, -0.25) is 9.59 Å². The van der Waals surface area contributed by atoms with Gasteiger partial charge in [0.2, 0.25) is 0 Å². The Morgan fingerprint density at radius 1 is 0.210 bits per heavy atom. The molecular formula is C58H116O4.